The normalized spacial score (nSPS) is 24.7. The molecular weight excluding hydrogens is 214 g/mol. The van der Waals surface area contributed by atoms with Gasteiger partial charge in [-0.2, -0.15) is 0 Å². The summed E-state index contributed by atoms with van der Waals surface area (Å²) in [7, 11) is 0. The van der Waals surface area contributed by atoms with Gasteiger partial charge in [0.15, 0.2) is 0 Å². The number of hydrogen-bond donors (Lipinski definition) is 2. The molecule has 16 heavy (non-hydrogen) atoms. The van der Waals surface area contributed by atoms with Crippen LogP contribution in [0.5, 0.6) is 0 Å². The minimum Gasteiger partial charge on any atom is -0.480 e. The van der Waals surface area contributed by atoms with E-state index in [0.717, 1.165) is 4.90 Å². The van der Waals surface area contributed by atoms with E-state index in [1.165, 1.54) is 18.6 Å². The second-order valence-corrected chi connectivity index (χ2v) is 3.71. The fourth-order valence-electron chi connectivity index (χ4n) is 1.82. The van der Waals surface area contributed by atoms with Gasteiger partial charge >= 0.3 is 5.97 Å². The van der Waals surface area contributed by atoms with Crippen molar-refractivity contribution in [3.63, 3.8) is 0 Å². The van der Waals surface area contributed by atoms with E-state index < -0.39 is 24.0 Å². The zero-order valence-corrected chi connectivity index (χ0v) is 8.37. The number of furan rings is 1. The number of carbonyl (C=O) groups excluding carboxylic acids is 1. The predicted molar refractivity (Wildman–Crippen MR) is 51.8 cm³/mol. The van der Waals surface area contributed by atoms with Crippen LogP contribution in [-0.4, -0.2) is 45.7 Å². The Bertz CT molecular complexity index is 399. The maximum absolute atomic E-state index is 11.9. The summed E-state index contributed by atoms with van der Waals surface area (Å²) in [4.78, 5) is 23.9. The fourth-order valence-corrected chi connectivity index (χ4v) is 1.82. The van der Waals surface area contributed by atoms with Crippen LogP contribution in [0.25, 0.3) is 0 Å². The number of rotatable bonds is 2. The maximum atomic E-state index is 11.9. The molecule has 0 aromatic carbocycles. The van der Waals surface area contributed by atoms with Crippen molar-refractivity contribution in [2.75, 3.05) is 6.54 Å². The smallest absolute Gasteiger partial charge is 0.326 e. The first-order chi connectivity index (χ1) is 7.59. The van der Waals surface area contributed by atoms with Gasteiger partial charge in [0, 0.05) is 13.0 Å². The van der Waals surface area contributed by atoms with Gasteiger partial charge in [-0.25, -0.2) is 4.79 Å². The van der Waals surface area contributed by atoms with E-state index in [1.807, 2.05) is 0 Å². The Hall–Kier alpha value is -1.82. The molecule has 1 aromatic heterocycles. The topological polar surface area (TPSA) is 91.0 Å². The highest BCUT2D eigenvalue weighted by Gasteiger charge is 2.39. The summed E-state index contributed by atoms with van der Waals surface area (Å²) in [6.07, 6.45) is 1.89. The summed E-state index contributed by atoms with van der Waals surface area (Å²) in [5.41, 5.74) is 0.292. The third-order valence-corrected chi connectivity index (χ3v) is 2.59. The number of amides is 1. The molecule has 2 heterocycles. The predicted octanol–water partition coefficient (Wildman–Crippen LogP) is -0.0604. The summed E-state index contributed by atoms with van der Waals surface area (Å²) in [5.74, 6) is -1.54. The number of likely N-dealkylation sites (tertiary alicyclic amines) is 1. The summed E-state index contributed by atoms with van der Waals surface area (Å²) >= 11 is 0. The molecule has 1 saturated heterocycles. The Morgan fingerprint density at radius 3 is 2.81 bits per heavy atom. The summed E-state index contributed by atoms with van der Waals surface area (Å²) in [6.45, 7) is 0.0426. The lowest BCUT2D eigenvalue weighted by Gasteiger charge is -2.20. The largest absolute Gasteiger partial charge is 0.480 e. The Morgan fingerprint density at radius 2 is 2.25 bits per heavy atom. The van der Waals surface area contributed by atoms with Crippen molar-refractivity contribution in [2.24, 2.45) is 0 Å². The van der Waals surface area contributed by atoms with Crippen LogP contribution < -0.4 is 0 Å². The Kier molecular flexibility index (Phi) is 2.66. The van der Waals surface area contributed by atoms with Crippen LogP contribution in [0.4, 0.5) is 0 Å². The van der Waals surface area contributed by atoms with Crippen LogP contribution >= 0.6 is 0 Å². The third-order valence-electron chi connectivity index (χ3n) is 2.59. The molecule has 0 bridgehead atoms. The quantitative estimate of drug-likeness (QED) is 0.735. The van der Waals surface area contributed by atoms with Gasteiger partial charge in [-0.3, -0.25) is 4.79 Å². The number of aliphatic hydroxyl groups is 1. The van der Waals surface area contributed by atoms with Gasteiger partial charge in [0.05, 0.1) is 17.9 Å². The molecule has 0 unspecified atom stereocenters. The SMILES string of the molecule is O=C(O)[C@@H]1C[C@H](O)CN1C(=O)c1ccoc1. The van der Waals surface area contributed by atoms with Crippen LogP contribution in [0.15, 0.2) is 23.0 Å². The van der Waals surface area contributed by atoms with E-state index in [9.17, 15) is 14.7 Å². The van der Waals surface area contributed by atoms with Crippen LogP contribution in [-0.2, 0) is 4.79 Å². The molecule has 2 N–H and O–H groups in total. The first kappa shape index (κ1) is 10.7. The van der Waals surface area contributed by atoms with Crippen molar-refractivity contribution in [1.29, 1.82) is 0 Å². The number of β-amino-alcohol motifs (C(OH)–C–C–N with tert-alkyl or cyclic N) is 1. The van der Waals surface area contributed by atoms with Gasteiger partial charge in [-0.15, -0.1) is 0 Å². The standard InChI is InChI=1S/C10H11NO5/c12-7-3-8(10(14)15)11(4-7)9(13)6-1-2-16-5-6/h1-2,5,7-8,12H,3-4H2,(H,14,15)/t7-,8-/m0/s1. The van der Waals surface area contributed by atoms with Crippen molar-refractivity contribution < 1.29 is 24.2 Å². The maximum Gasteiger partial charge on any atom is 0.326 e. The first-order valence-electron chi connectivity index (χ1n) is 4.83. The van der Waals surface area contributed by atoms with Gasteiger partial charge < -0.3 is 19.5 Å². The second kappa shape index (κ2) is 3.97. The lowest BCUT2D eigenvalue weighted by molar-refractivity contribution is -0.141. The van der Waals surface area contributed by atoms with Crippen molar-refractivity contribution >= 4 is 11.9 Å². The van der Waals surface area contributed by atoms with E-state index in [2.05, 4.69) is 0 Å². The molecule has 1 aliphatic rings. The van der Waals surface area contributed by atoms with Gasteiger partial charge in [0.25, 0.3) is 5.91 Å². The average Bonchev–Trinajstić information content (AvgIpc) is 2.84. The summed E-state index contributed by atoms with van der Waals surface area (Å²) in [6, 6.07) is 0.503. The molecule has 2 rings (SSSR count). The van der Waals surface area contributed by atoms with Crippen molar-refractivity contribution in [2.45, 2.75) is 18.6 Å². The second-order valence-electron chi connectivity index (χ2n) is 3.71. The number of carbonyl (C=O) groups is 2. The summed E-state index contributed by atoms with van der Waals surface area (Å²) in [5, 5.41) is 18.3. The Balaban J connectivity index is 2.20. The third kappa shape index (κ3) is 1.79. The van der Waals surface area contributed by atoms with E-state index >= 15 is 0 Å². The average molecular weight is 225 g/mol. The van der Waals surface area contributed by atoms with Gasteiger partial charge in [0.2, 0.25) is 0 Å². The monoisotopic (exact) mass is 225 g/mol. The molecule has 6 heteroatoms. The highest BCUT2D eigenvalue weighted by molar-refractivity contribution is 5.96. The van der Waals surface area contributed by atoms with E-state index in [-0.39, 0.29) is 13.0 Å². The number of carboxylic acids is 1. The number of nitrogens with zero attached hydrogens (tertiary/aromatic N) is 1. The first-order valence-corrected chi connectivity index (χ1v) is 4.83. The summed E-state index contributed by atoms with van der Waals surface area (Å²) < 4.78 is 4.76. The number of carboxylic acid groups (broad SMARTS) is 1. The van der Waals surface area contributed by atoms with Crippen molar-refractivity contribution in [3.05, 3.63) is 24.2 Å². The minimum atomic E-state index is -1.10. The molecule has 1 fully saturated rings. The molecular formula is C10H11NO5. The molecule has 6 nitrogen and oxygen atoms in total. The molecule has 0 aliphatic carbocycles. The van der Waals surface area contributed by atoms with E-state index in [1.54, 1.807) is 0 Å². The highest BCUT2D eigenvalue weighted by atomic mass is 16.4. The molecule has 86 valence electrons. The van der Waals surface area contributed by atoms with Gasteiger partial charge in [-0.1, -0.05) is 0 Å². The lowest BCUT2D eigenvalue weighted by atomic mass is 10.2. The van der Waals surface area contributed by atoms with Crippen LogP contribution in [0.3, 0.4) is 0 Å². The molecule has 1 aliphatic heterocycles. The number of hydrogen-bond acceptors (Lipinski definition) is 4. The fraction of sp³-hybridized carbons (Fsp3) is 0.400. The highest BCUT2D eigenvalue weighted by Crippen LogP contribution is 2.20. The van der Waals surface area contributed by atoms with Crippen molar-refractivity contribution in [3.8, 4) is 0 Å². The molecule has 0 spiro atoms. The molecule has 0 radical (unpaired) electrons. The van der Waals surface area contributed by atoms with Gasteiger partial charge in [0.1, 0.15) is 12.3 Å². The zero-order chi connectivity index (χ0) is 11.7. The molecule has 1 amide bonds. The Labute approximate surface area is 91.1 Å². The molecule has 0 saturated carbocycles. The van der Waals surface area contributed by atoms with Crippen LogP contribution in [0, 0.1) is 0 Å². The number of aliphatic carboxylic acids is 1. The van der Waals surface area contributed by atoms with E-state index in [4.69, 9.17) is 9.52 Å². The minimum absolute atomic E-state index is 0.0426. The van der Waals surface area contributed by atoms with Crippen LogP contribution in [0.1, 0.15) is 16.8 Å². The van der Waals surface area contributed by atoms with E-state index in [0.29, 0.717) is 5.56 Å². The molecule has 2 atom stereocenters. The lowest BCUT2D eigenvalue weighted by Crippen LogP contribution is -2.40. The van der Waals surface area contributed by atoms with Crippen LogP contribution in [0.2, 0.25) is 0 Å². The van der Waals surface area contributed by atoms with Crippen molar-refractivity contribution in [1.82, 2.24) is 4.90 Å². The van der Waals surface area contributed by atoms with Gasteiger partial charge in [-0.05, 0) is 6.07 Å². The zero-order valence-electron chi connectivity index (χ0n) is 8.37. The molecule has 1 aromatic rings. The Morgan fingerprint density at radius 1 is 1.50 bits per heavy atom. The number of aliphatic hydroxyl groups excluding tert-OH is 1.